The second-order valence-electron chi connectivity index (χ2n) is 3.98. The molecule has 0 amide bonds. The second-order valence-corrected chi connectivity index (χ2v) is 4.76. The fraction of sp³-hybridized carbons (Fsp3) is 0.143. The monoisotopic (exact) mass is 281 g/mol. The highest BCUT2D eigenvalue weighted by Crippen LogP contribution is 2.34. The van der Waals surface area contributed by atoms with Crippen molar-refractivity contribution in [1.29, 1.82) is 0 Å². The maximum atomic E-state index is 6.07. The van der Waals surface area contributed by atoms with Crippen molar-refractivity contribution < 1.29 is 4.74 Å². The molecule has 0 saturated heterocycles. The van der Waals surface area contributed by atoms with Gasteiger partial charge in [0.2, 0.25) is 0 Å². The van der Waals surface area contributed by atoms with Gasteiger partial charge in [-0.1, -0.05) is 41.4 Å². The molecule has 2 rings (SSSR count). The van der Waals surface area contributed by atoms with Gasteiger partial charge in [0.25, 0.3) is 0 Å². The Morgan fingerprint density at radius 3 is 2.39 bits per heavy atom. The lowest BCUT2D eigenvalue weighted by atomic mass is 10.1. The first-order valence-corrected chi connectivity index (χ1v) is 6.29. The Morgan fingerprint density at radius 2 is 1.72 bits per heavy atom. The average molecular weight is 282 g/mol. The summed E-state index contributed by atoms with van der Waals surface area (Å²) >= 11 is 12.0. The van der Waals surface area contributed by atoms with E-state index < -0.39 is 0 Å². The summed E-state index contributed by atoms with van der Waals surface area (Å²) in [7, 11) is 0. The normalized spacial score (nSPS) is 12.2. The van der Waals surface area contributed by atoms with Crippen LogP contribution in [0.25, 0.3) is 0 Å². The predicted octanol–water partition coefficient (Wildman–Crippen LogP) is 4.72. The van der Waals surface area contributed by atoms with Crippen LogP contribution in [0.4, 0.5) is 5.69 Å². The number of anilines is 1. The van der Waals surface area contributed by atoms with Crippen LogP contribution in [-0.2, 0) is 0 Å². The molecule has 2 nitrogen and oxygen atoms in total. The summed E-state index contributed by atoms with van der Waals surface area (Å²) < 4.78 is 5.79. The molecule has 0 radical (unpaired) electrons. The van der Waals surface area contributed by atoms with Crippen LogP contribution in [-0.4, -0.2) is 0 Å². The summed E-state index contributed by atoms with van der Waals surface area (Å²) in [5.74, 6) is 0.577. The minimum atomic E-state index is -0.124. The number of halogens is 2. The third-order valence-corrected chi connectivity index (χ3v) is 3.43. The quantitative estimate of drug-likeness (QED) is 0.827. The van der Waals surface area contributed by atoms with Gasteiger partial charge in [0.15, 0.2) is 0 Å². The van der Waals surface area contributed by atoms with Crippen LogP contribution in [0.15, 0.2) is 42.5 Å². The van der Waals surface area contributed by atoms with E-state index in [0.717, 1.165) is 11.3 Å². The molecule has 0 heterocycles. The second kappa shape index (κ2) is 5.51. The van der Waals surface area contributed by atoms with E-state index >= 15 is 0 Å². The summed E-state index contributed by atoms with van der Waals surface area (Å²) in [5.41, 5.74) is 7.40. The number of hydrogen-bond acceptors (Lipinski definition) is 2. The molecule has 2 aromatic rings. The van der Waals surface area contributed by atoms with Crippen molar-refractivity contribution in [3.63, 3.8) is 0 Å². The van der Waals surface area contributed by atoms with Gasteiger partial charge in [0.1, 0.15) is 16.9 Å². The number of ether oxygens (including phenoxy) is 1. The smallest absolute Gasteiger partial charge is 0.140 e. The van der Waals surface area contributed by atoms with Gasteiger partial charge in [-0.3, -0.25) is 0 Å². The largest absolute Gasteiger partial charge is 0.484 e. The number of rotatable bonds is 3. The van der Waals surface area contributed by atoms with Crippen LogP contribution in [0.5, 0.6) is 5.75 Å². The molecule has 0 aliphatic heterocycles. The zero-order valence-electron chi connectivity index (χ0n) is 9.86. The molecule has 1 unspecified atom stereocenters. The number of benzene rings is 2. The Bertz CT molecular complexity index is 540. The van der Waals surface area contributed by atoms with E-state index in [1.807, 2.05) is 31.2 Å². The van der Waals surface area contributed by atoms with E-state index in [4.69, 9.17) is 33.7 Å². The van der Waals surface area contributed by atoms with Crippen LogP contribution in [0.3, 0.4) is 0 Å². The number of hydrogen-bond donors (Lipinski definition) is 1. The highest BCUT2D eigenvalue weighted by molar-refractivity contribution is 6.42. The van der Waals surface area contributed by atoms with Gasteiger partial charge < -0.3 is 10.5 Å². The molecule has 0 bridgehead atoms. The first-order valence-electron chi connectivity index (χ1n) is 5.54. The summed E-state index contributed by atoms with van der Waals surface area (Å²) in [4.78, 5) is 0. The minimum absolute atomic E-state index is 0.124. The van der Waals surface area contributed by atoms with Gasteiger partial charge in [-0.15, -0.1) is 0 Å². The van der Waals surface area contributed by atoms with Crippen LogP contribution in [0, 0.1) is 0 Å². The molecule has 2 N–H and O–H groups in total. The van der Waals surface area contributed by atoms with Gasteiger partial charge in [-0.2, -0.15) is 0 Å². The Balaban J connectivity index is 2.18. The number of nitrogen functional groups attached to an aromatic ring is 1. The number of nitrogens with two attached hydrogens (primary N) is 1. The molecule has 0 spiro atoms. The van der Waals surface area contributed by atoms with Crippen molar-refractivity contribution in [1.82, 2.24) is 0 Å². The third kappa shape index (κ3) is 2.89. The van der Waals surface area contributed by atoms with Gasteiger partial charge in [-0.05, 0) is 36.8 Å². The van der Waals surface area contributed by atoms with Crippen LogP contribution >= 0.6 is 23.2 Å². The standard InChI is InChI=1S/C14H13Cl2NO/c1-9(10-5-7-11(17)8-6-10)18-13-4-2-3-12(15)14(13)16/h2-9H,17H2,1H3. The zero-order chi connectivity index (χ0) is 13.1. The van der Waals surface area contributed by atoms with Crippen molar-refractivity contribution in [3.05, 3.63) is 58.1 Å². The van der Waals surface area contributed by atoms with E-state index in [1.54, 1.807) is 18.2 Å². The maximum absolute atomic E-state index is 6.07. The van der Waals surface area contributed by atoms with Gasteiger partial charge in [-0.25, -0.2) is 0 Å². The Hall–Kier alpha value is -1.38. The predicted molar refractivity (Wildman–Crippen MR) is 76.4 cm³/mol. The van der Waals surface area contributed by atoms with Crippen molar-refractivity contribution in [2.75, 3.05) is 5.73 Å². The van der Waals surface area contributed by atoms with Crippen molar-refractivity contribution in [2.45, 2.75) is 13.0 Å². The van der Waals surface area contributed by atoms with Crippen LogP contribution in [0.1, 0.15) is 18.6 Å². The van der Waals surface area contributed by atoms with E-state index in [1.165, 1.54) is 0 Å². The van der Waals surface area contributed by atoms with Crippen molar-refractivity contribution in [2.24, 2.45) is 0 Å². The first-order chi connectivity index (χ1) is 8.58. The SMILES string of the molecule is CC(Oc1cccc(Cl)c1Cl)c1ccc(N)cc1. The molecule has 1 atom stereocenters. The first kappa shape index (κ1) is 13.1. The molecule has 0 fully saturated rings. The van der Waals surface area contributed by atoms with Gasteiger partial charge in [0.05, 0.1) is 5.02 Å². The highest BCUT2D eigenvalue weighted by atomic mass is 35.5. The molecule has 18 heavy (non-hydrogen) atoms. The van der Waals surface area contributed by atoms with E-state index in [-0.39, 0.29) is 6.10 Å². The Labute approximate surface area is 116 Å². The molecule has 0 saturated carbocycles. The van der Waals surface area contributed by atoms with E-state index in [0.29, 0.717) is 15.8 Å². The average Bonchev–Trinajstić information content (AvgIpc) is 2.36. The molecular formula is C14H13Cl2NO. The molecule has 0 aliphatic rings. The van der Waals surface area contributed by atoms with Crippen molar-refractivity contribution in [3.8, 4) is 5.75 Å². The van der Waals surface area contributed by atoms with Crippen LogP contribution in [0.2, 0.25) is 10.0 Å². The third-order valence-electron chi connectivity index (χ3n) is 2.63. The molecule has 0 aliphatic carbocycles. The summed E-state index contributed by atoms with van der Waals surface area (Å²) in [5, 5.41) is 0.917. The lowest BCUT2D eigenvalue weighted by Gasteiger charge is -2.16. The summed E-state index contributed by atoms with van der Waals surface area (Å²) in [6, 6.07) is 12.9. The zero-order valence-corrected chi connectivity index (χ0v) is 11.4. The Kier molecular flexibility index (Phi) is 4.00. The fourth-order valence-electron chi connectivity index (χ4n) is 1.60. The molecule has 4 heteroatoms. The van der Waals surface area contributed by atoms with Gasteiger partial charge in [0, 0.05) is 5.69 Å². The maximum Gasteiger partial charge on any atom is 0.140 e. The summed E-state index contributed by atoms with van der Waals surface area (Å²) in [6.45, 7) is 1.95. The molecule has 0 aromatic heterocycles. The minimum Gasteiger partial charge on any atom is -0.484 e. The summed E-state index contributed by atoms with van der Waals surface area (Å²) in [6.07, 6.45) is -0.124. The fourth-order valence-corrected chi connectivity index (χ4v) is 1.94. The highest BCUT2D eigenvalue weighted by Gasteiger charge is 2.11. The lowest BCUT2D eigenvalue weighted by molar-refractivity contribution is 0.227. The molecule has 94 valence electrons. The molecule has 2 aromatic carbocycles. The van der Waals surface area contributed by atoms with Gasteiger partial charge >= 0.3 is 0 Å². The molecular weight excluding hydrogens is 269 g/mol. The van der Waals surface area contributed by atoms with Crippen molar-refractivity contribution >= 4 is 28.9 Å². The van der Waals surface area contributed by atoms with E-state index in [2.05, 4.69) is 0 Å². The lowest BCUT2D eigenvalue weighted by Crippen LogP contribution is -2.03. The van der Waals surface area contributed by atoms with E-state index in [9.17, 15) is 0 Å². The topological polar surface area (TPSA) is 35.2 Å². The van der Waals surface area contributed by atoms with Crippen LogP contribution < -0.4 is 10.5 Å². The Morgan fingerprint density at radius 1 is 1.06 bits per heavy atom.